The Kier molecular flexibility index (Phi) is 9.84. The highest BCUT2D eigenvalue weighted by atomic mass is 16.6. The molecule has 0 unspecified atom stereocenters. The van der Waals surface area contributed by atoms with Crippen LogP contribution in [0.25, 0.3) is 0 Å². The summed E-state index contributed by atoms with van der Waals surface area (Å²) in [7, 11) is 0. The van der Waals surface area contributed by atoms with Gasteiger partial charge in [-0.3, -0.25) is 29.0 Å². The molecule has 0 aromatic carbocycles. The minimum Gasteiger partial charge on any atom is -0.448 e. The molecule has 12 heteroatoms. The Morgan fingerprint density at radius 3 is 2.31 bits per heavy atom. The molecule has 0 aromatic rings. The van der Waals surface area contributed by atoms with E-state index in [1.807, 2.05) is 0 Å². The van der Waals surface area contributed by atoms with Gasteiger partial charge in [0.25, 0.3) is 0 Å². The fourth-order valence-electron chi connectivity index (χ4n) is 4.71. The van der Waals surface area contributed by atoms with Gasteiger partial charge in [-0.05, 0) is 39.5 Å². The third kappa shape index (κ3) is 7.38. The van der Waals surface area contributed by atoms with E-state index in [0.717, 1.165) is 19.5 Å². The van der Waals surface area contributed by atoms with Crippen LogP contribution in [-0.2, 0) is 28.7 Å². The first kappa shape index (κ1) is 26.9. The largest absolute Gasteiger partial charge is 0.448 e. The normalized spacial score (nSPS) is 23.6. The average molecular weight is 496 g/mol. The molecule has 0 bridgehead atoms. The van der Waals surface area contributed by atoms with E-state index in [1.54, 1.807) is 0 Å². The molecule has 0 aromatic heterocycles. The van der Waals surface area contributed by atoms with E-state index in [1.165, 1.54) is 23.6 Å². The van der Waals surface area contributed by atoms with Crippen LogP contribution in [0.4, 0.5) is 4.79 Å². The first-order chi connectivity index (χ1) is 16.8. The zero-order valence-corrected chi connectivity index (χ0v) is 20.6. The van der Waals surface area contributed by atoms with E-state index in [9.17, 15) is 24.0 Å². The van der Waals surface area contributed by atoms with Crippen molar-refractivity contribution in [3.05, 3.63) is 0 Å². The van der Waals surface area contributed by atoms with Crippen molar-refractivity contribution in [2.24, 2.45) is 0 Å². The van der Waals surface area contributed by atoms with Crippen molar-refractivity contribution >= 4 is 29.6 Å². The standard InChI is InChI=1S/C23H37N5O7/c1-16(21(31)24-15-20(30)27-7-3-5-18(27)17(2)29)25-22(32)19-6-4-8-28(19)23(33)35-14-11-26-9-12-34-13-10-26/h16,18-19H,3-15H2,1-2H3,(H,24,31)(H,25,32)/t16-,18-,19-/m0/s1. The molecular formula is C23H37N5O7. The number of carbonyl (C=O) groups is 5. The van der Waals surface area contributed by atoms with Crippen LogP contribution < -0.4 is 10.6 Å². The number of ether oxygens (including phenoxy) is 2. The summed E-state index contributed by atoms with van der Waals surface area (Å²) in [6.07, 6.45) is 2.00. The zero-order valence-electron chi connectivity index (χ0n) is 20.6. The summed E-state index contributed by atoms with van der Waals surface area (Å²) in [5, 5.41) is 5.17. The molecule has 0 aliphatic carbocycles. The number of nitrogens with zero attached hydrogens (tertiary/aromatic N) is 3. The van der Waals surface area contributed by atoms with Crippen LogP contribution in [-0.4, -0.2) is 122 Å². The molecule has 12 nitrogen and oxygen atoms in total. The molecule has 2 N–H and O–H groups in total. The van der Waals surface area contributed by atoms with E-state index in [0.29, 0.717) is 52.1 Å². The SMILES string of the molecule is CC(=O)[C@@H]1CCCN1C(=O)CNC(=O)[C@H](C)NC(=O)[C@@H]1CCCN1C(=O)OCCN1CCOCC1. The molecule has 196 valence electrons. The Labute approximate surface area is 205 Å². The lowest BCUT2D eigenvalue weighted by Crippen LogP contribution is -2.53. The highest BCUT2D eigenvalue weighted by Crippen LogP contribution is 2.19. The molecule has 3 rings (SSSR count). The van der Waals surface area contributed by atoms with Crippen LogP contribution in [0, 0.1) is 0 Å². The van der Waals surface area contributed by atoms with Gasteiger partial charge in [0.05, 0.1) is 25.8 Å². The predicted octanol–water partition coefficient (Wildman–Crippen LogP) is -0.879. The Hall–Kier alpha value is -2.73. The number of hydrogen-bond donors (Lipinski definition) is 2. The maximum absolute atomic E-state index is 12.8. The Morgan fingerprint density at radius 2 is 1.63 bits per heavy atom. The third-order valence-corrected chi connectivity index (χ3v) is 6.74. The second-order valence-corrected chi connectivity index (χ2v) is 9.22. The summed E-state index contributed by atoms with van der Waals surface area (Å²) in [5.41, 5.74) is 0. The lowest BCUT2D eigenvalue weighted by atomic mass is 10.1. The quantitative estimate of drug-likeness (QED) is 0.421. The zero-order chi connectivity index (χ0) is 25.4. The first-order valence-electron chi connectivity index (χ1n) is 12.4. The number of hydrogen-bond acceptors (Lipinski definition) is 8. The van der Waals surface area contributed by atoms with Crippen LogP contribution in [0.5, 0.6) is 0 Å². The summed E-state index contributed by atoms with van der Waals surface area (Å²) >= 11 is 0. The van der Waals surface area contributed by atoms with E-state index >= 15 is 0 Å². The number of amides is 4. The minimum atomic E-state index is -0.891. The summed E-state index contributed by atoms with van der Waals surface area (Å²) < 4.78 is 10.7. The number of nitrogens with one attached hydrogen (secondary N) is 2. The lowest BCUT2D eigenvalue weighted by molar-refractivity contribution is -0.137. The number of carbonyl (C=O) groups excluding carboxylic acids is 5. The fraction of sp³-hybridized carbons (Fsp3) is 0.783. The molecule has 3 aliphatic heterocycles. The van der Waals surface area contributed by atoms with Crippen molar-refractivity contribution in [3.8, 4) is 0 Å². The molecule has 3 atom stereocenters. The van der Waals surface area contributed by atoms with Crippen molar-refractivity contribution in [1.29, 1.82) is 0 Å². The fourth-order valence-corrected chi connectivity index (χ4v) is 4.71. The van der Waals surface area contributed by atoms with Gasteiger partial charge in [-0.1, -0.05) is 0 Å². The van der Waals surface area contributed by atoms with Gasteiger partial charge in [0.2, 0.25) is 17.7 Å². The van der Waals surface area contributed by atoms with Gasteiger partial charge in [0, 0.05) is 32.7 Å². The van der Waals surface area contributed by atoms with Crippen LogP contribution >= 0.6 is 0 Å². The summed E-state index contributed by atoms with van der Waals surface area (Å²) in [6, 6.07) is -2.03. The molecule has 35 heavy (non-hydrogen) atoms. The van der Waals surface area contributed by atoms with Crippen LogP contribution in [0.3, 0.4) is 0 Å². The Bertz CT molecular complexity index is 801. The second-order valence-electron chi connectivity index (χ2n) is 9.22. The van der Waals surface area contributed by atoms with E-state index < -0.39 is 36.0 Å². The number of morpholine rings is 1. The molecule has 3 saturated heterocycles. The third-order valence-electron chi connectivity index (χ3n) is 6.74. The van der Waals surface area contributed by atoms with Gasteiger partial charge < -0.3 is 25.0 Å². The van der Waals surface area contributed by atoms with Crippen LogP contribution in [0.1, 0.15) is 39.5 Å². The summed E-state index contributed by atoms with van der Waals surface area (Å²) in [6.45, 7) is 7.41. The van der Waals surface area contributed by atoms with Gasteiger partial charge in [0.1, 0.15) is 18.7 Å². The van der Waals surface area contributed by atoms with Crippen LogP contribution in [0.15, 0.2) is 0 Å². The van der Waals surface area contributed by atoms with Crippen molar-refractivity contribution in [2.45, 2.75) is 57.7 Å². The van der Waals surface area contributed by atoms with Crippen molar-refractivity contribution in [1.82, 2.24) is 25.3 Å². The number of ketones is 1. The van der Waals surface area contributed by atoms with Crippen molar-refractivity contribution in [3.63, 3.8) is 0 Å². The van der Waals surface area contributed by atoms with Crippen LogP contribution in [0.2, 0.25) is 0 Å². The first-order valence-corrected chi connectivity index (χ1v) is 12.4. The molecule has 3 fully saturated rings. The number of Topliss-reactive ketones (excluding diaryl/α,β-unsaturated/α-hetero) is 1. The second kappa shape index (κ2) is 12.8. The molecule has 3 heterocycles. The van der Waals surface area contributed by atoms with E-state index in [4.69, 9.17) is 9.47 Å². The summed E-state index contributed by atoms with van der Waals surface area (Å²) in [5.74, 6) is -1.33. The Balaban J connectivity index is 1.40. The minimum absolute atomic E-state index is 0.0662. The van der Waals surface area contributed by atoms with E-state index in [-0.39, 0.29) is 24.8 Å². The molecule has 0 spiro atoms. The molecular weight excluding hydrogens is 458 g/mol. The summed E-state index contributed by atoms with van der Waals surface area (Å²) in [4.78, 5) is 66.9. The van der Waals surface area contributed by atoms with Crippen molar-refractivity contribution in [2.75, 3.05) is 59.1 Å². The average Bonchev–Trinajstić information content (AvgIpc) is 3.53. The van der Waals surface area contributed by atoms with Gasteiger partial charge >= 0.3 is 6.09 Å². The van der Waals surface area contributed by atoms with E-state index in [2.05, 4.69) is 15.5 Å². The predicted molar refractivity (Wildman–Crippen MR) is 124 cm³/mol. The highest BCUT2D eigenvalue weighted by molar-refractivity contribution is 5.94. The smallest absolute Gasteiger partial charge is 0.410 e. The Morgan fingerprint density at radius 1 is 0.971 bits per heavy atom. The van der Waals surface area contributed by atoms with Gasteiger partial charge in [-0.15, -0.1) is 0 Å². The van der Waals surface area contributed by atoms with Gasteiger partial charge in [0.15, 0.2) is 5.78 Å². The monoisotopic (exact) mass is 495 g/mol. The molecule has 3 aliphatic rings. The van der Waals surface area contributed by atoms with Gasteiger partial charge in [-0.25, -0.2) is 4.79 Å². The molecule has 4 amide bonds. The lowest BCUT2D eigenvalue weighted by Gasteiger charge is -2.27. The maximum atomic E-state index is 12.8. The number of likely N-dealkylation sites (tertiary alicyclic amines) is 2. The van der Waals surface area contributed by atoms with Crippen molar-refractivity contribution < 1.29 is 33.4 Å². The molecule has 0 saturated carbocycles. The topological polar surface area (TPSA) is 138 Å². The molecule has 0 radical (unpaired) electrons. The number of rotatable bonds is 9. The van der Waals surface area contributed by atoms with Gasteiger partial charge in [-0.2, -0.15) is 0 Å². The highest BCUT2D eigenvalue weighted by Gasteiger charge is 2.36. The maximum Gasteiger partial charge on any atom is 0.410 e.